The van der Waals surface area contributed by atoms with Crippen molar-refractivity contribution < 1.29 is 14.3 Å². The molecule has 1 aromatic rings. The third-order valence-electron chi connectivity index (χ3n) is 2.04. The number of rotatable bonds is 6. The quantitative estimate of drug-likeness (QED) is 0.621. The lowest BCUT2D eigenvalue weighted by Crippen LogP contribution is -2.16. The second-order valence-corrected chi connectivity index (χ2v) is 4.98. The van der Waals surface area contributed by atoms with Gasteiger partial charge in [-0.25, -0.2) is 0 Å². The van der Waals surface area contributed by atoms with E-state index in [0.29, 0.717) is 23.0 Å². The molecule has 0 heterocycles. The zero-order chi connectivity index (χ0) is 14.3. The minimum absolute atomic E-state index is 0.157. The van der Waals surface area contributed by atoms with Crippen LogP contribution in [0.4, 0.5) is 11.4 Å². The number of benzene rings is 1. The zero-order valence-corrected chi connectivity index (χ0v) is 12.0. The van der Waals surface area contributed by atoms with E-state index in [9.17, 15) is 9.59 Å². The van der Waals surface area contributed by atoms with Gasteiger partial charge in [0.1, 0.15) is 0 Å². The summed E-state index contributed by atoms with van der Waals surface area (Å²) in [6.45, 7) is 2.08. The van der Waals surface area contributed by atoms with Gasteiger partial charge in [0.2, 0.25) is 5.91 Å². The molecule has 1 aromatic carbocycles. The number of amides is 1. The Bertz CT molecular complexity index is 468. The van der Waals surface area contributed by atoms with Gasteiger partial charge in [0.25, 0.3) is 0 Å². The van der Waals surface area contributed by atoms with Gasteiger partial charge >= 0.3 is 5.97 Å². The van der Waals surface area contributed by atoms with E-state index >= 15 is 0 Å². The smallest absolute Gasteiger partial charge is 0.315 e. The van der Waals surface area contributed by atoms with Gasteiger partial charge in [-0.05, 0) is 25.1 Å². The molecule has 0 aromatic heterocycles. The molecule has 1 rings (SSSR count). The van der Waals surface area contributed by atoms with E-state index < -0.39 is 0 Å². The molecule has 0 spiro atoms. The van der Waals surface area contributed by atoms with Crippen LogP contribution in [0.25, 0.3) is 0 Å². The standard InChI is InChI=1S/C12H15ClN2O3S/c1-2-18-12(17)7-19-6-11(16)15-8-3-4-9(13)10(14)5-8/h3-5H,2,6-7,14H2,1H3,(H,15,16). The number of hydrogen-bond acceptors (Lipinski definition) is 5. The number of carbonyl (C=O) groups is 2. The van der Waals surface area contributed by atoms with Crippen molar-refractivity contribution in [1.29, 1.82) is 0 Å². The molecule has 0 saturated heterocycles. The Morgan fingerprint density at radius 1 is 1.42 bits per heavy atom. The van der Waals surface area contributed by atoms with Crippen LogP contribution in [0.3, 0.4) is 0 Å². The van der Waals surface area contributed by atoms with Gasteiger partial charge in [0.15, 0.2) is 0 Å². The number of halogens is 1. The Balaban J connectivity index is 2.35. The fourth-order valence-corrected chi connectivity index (χ4v) is 1.98. The first-order valence-corrected chi connectivity index (χ1v) is 7.14. The molecule has 0 unspecified atom stereocenters. The van der Waals surface area contributed by atoms with Gasteiger partial charge in [-0.2, -0.15) is 0 Å². The normalized spacial score (nSPS) is 10.0. The van der Waals surface area contributed by atoms with Crippen molar-refractivity contribution in [1.82, 2.24) is 0 Å². The average Bonchev–Trinajstić information content (AvgIpc) is 2.34. The van der Waals surface area contributed by atoms with E-state index in [0.717, 1.165) is 0 Å². The Kier molecular flexibility index (Phi) is 6.52. The van der Waals surface area contributed by atoms with Crippen LogP contribution in [-0.4, -0.2) is 30.0 Å². The van der Waals surface area contributed by atoms with Crippen LogP contribution in [0, 0.1) is 0 Å². The topological polar surface area (TPSA) is 81.4 Å². The molecular formula is C12H15ClN2O3S. The van der Waals surface area contributed by atoms with Crippen molar-refractivity contribution in [2.45, 2.75) is 6.92 Å². The maximum atomic E-state index is 11.6. The third-order valence-corrected chi connectivity index (χ3v) is 3.29. The molecular weight excluding hydrogens is 288 g/mol. The summed E-state index contributed by atoms with van der Waals surface area (Å²) in [7, 11) is 0. The van der Waals surface area contributed by atoms with Crippen LogP contribution in [-0.2, 0) is 14.3 Å². The number of nitrogens with one attached hydrogen (secondary N) is 1. The second-order valence-electron chi connectivity index (χ2n) is 3.58. The maximum absolute atomic E-state index is 11.6. The molecule has 0 saturated carbocycles. The summed E-state index contributed by atoms with van der Waals surface area (Å²) in [5, 5.41) is 3.10. The predicted octanol–water partition coefficient (Wildman–Crippen LogP) is 2.16. The number of esters is 1. The molecule has 0 atom stereocenters. The van der Waals surface area contributed by atoms with Gasteiger partial charge in [0, 0.05) is 5.69 Å². The lowest BCUT2D eigenvalue weighted by atomic mass is 10.3. The molecule has 19 heavy (non-hydrogen) atoms. The van der Waals surface area contributed by atoms with Gasteiger partial charge in [-0.1, -0.05) is 11.6 Å². The lowest BCUT2D eigenvalue weighted by Gasteiger charge is -2.06. The Morgan fingerprint density at radius 3 is 2.79 bits per heavy atom. The monoisotopic (exact) mass is 302 g/mol. The fraction of sp³-hybridized carbons (Fsp3) is 0.333. The van der Waals surface area contributed by atoms with E-state index in [2.05, 4.69) is 5.32 Å². The second kappa shape index (κ2) is 7.91. The van der Waals surface area contributed by atoms with Gasteiger partial charge < -0.3 is 15.8 Å². The Morgan fingerprint density at radius 2 is 2.16 bits per heavy atom. The van der Waals surface area contributed by atoms with Crippen molar-refractivity contribution in [3.8, 4) is 0 Å². The molecule has 0 radical (unpaired) electrons. The summed E-state index contributed by atoms with van der Waals surface area (Å²) in [6, 6.07) is 4.85. The summed E-state index contributed by atoms with van der Waals surface area (Å²) in [5.41, 5.74) is 6.59. The van der Waals surface area contributed by atoms with Crippen molar-refractivity contribution in [3.05, 3.63) is 23.2 Å². The summed E-state index contributed by atoms with van der Waals surface area (Å²) in [5.74, 6) is -0.210. The first-order valence-electron chi connectivity index (χ1n) is 5.61. The number of carbonyl (C=O) groups excluding carboxylic acids is 2. The third kappa shape index (κ3) is 5.85. The van der Waals surface area contributed by atoms with Crippen LogP contribution in [0.1, 0.15) is 6.92 Å². The summed E-state index contributed by atoms with van der Waals surface area (Å²) < 4.78 is 4.75. The number of hydrogen-bond donors (Lipinski definition) is 2. The molecule has 3 N–H and O–H groups in total. The molecule has 0 bridgehead atoms. The lowest BCUT2D eigenvalue weighted by molar-refractivity contribution is -0.139. The predicted molar refractivity (Wildman–Crippen MR) is 78.5 cm³/mol. The van der Waals surface area contributed by atoms with E-state index in [1.807, 2.05) is 0 Å². The highest BCUT2D eigenvalue weighted by molar-refractivity contribution is 8.00. The fourth-order valence-electron chi connectivity index (χ4n) is 1.25. The Labute approximate surface area is 120 Å². The van der Waals surface area contributed by atoms with Crippen LogP contribution in [0.15, 0.2) is 18.2 Å². The van der Waals surface area contributed by atoms with Crippen LogP contribution in [0.2, 0.25) is 5.02 Å². The van der Waals surface area contributed by atoms with Crippen molar-refractivity contribution in [3.63, 3.8) is 0 Å². The number of thioether (sulfide) groups is 1. The SMILES string of the molecule is CCOC(=O)CSCC(=O)Nc1ccc(Cl)c(N)c1. The van der Waals surface area contributed by atoms with Crippen LogP contribution in [0.5, 0.6) is 0 Å². The molecule has 0 aliphatic rings. The molecule has 0 fully saturated rings. The molecule has 5 nitrogen and oxygen atoms in total. The molecule has 1 amide bonds. The van der Waals surface area contributed by atoms with Gasteiger partial charge in [-0.15, -0.1) is 11.8 Å². The van der Waals surface area contributed by atoms with Gasteiger partial charge in [0.05, 0.1) is 28.8 Å². The summed E-state index contributed by atoms with van der Waals surface area (Å²) >= 11 is 6.96. The van der Waals surface area contributed by atoms with Gasteiger partial charge in [-0.3, -0.25) is 9.59 Å². The van der Waals surface area contributed by atoms with Crippen molar-refractivity contribution in [2.75, 3.05) is 29.2 Å². The van der Waals surface area contributed by atoms with Crippen molar-refractivity contribution >= 4 is 46.6 Å². The number of nitrogens with two attached hydrogens (primary N) is 1. The van der Waals surface area contributed by atoms with E-state index in [1.165, 1.54) is 11.8 Å². The largest absolute Gasteiger partial charge is 0.465 e. The first-order chi connectivity index (χ1) is 9.02. The minimum atomic E-state index is -0.323. The average molecular weight is 303 g/mol. The summed E-state index contributed by atoms with van der Waals surface area (Å²) in [6.07, 6.45) is 0. The molecule has 0 aliphatic carbocycles. The number of anilines is 2. The maximum Gasteiger partial charge on any atom is 0.315 e. The van der Waals surface area contributed by atoms with E-state index in [-0.39, 0.29) is 23.4 Å². The Hall–Kier alpha value is -1.40. The highest BCUT2D eigenvalue weighted by atomic mass is 35.5. The van der Waals surface area contributed by atoms with Crippen molar-refractivity contribution in [2.24, 2.45) is 0 Å². The minimum Gasteiger partial charge on any atom is -0.465 e. The molecule has 7 heteroatoms. The van der Waals surface area contributed by atoms with E-state index in [4.69, 9.17) is 22.1 Å². The molecule has 0 aliphatic heterocycles. The zero-order valence-electron chi connectivity index (χ0n) is 10.4. The highest BCUT2D eigenvalue weighted by Gasteiger charge is 2.07. The van der Waals surface area contributed by atoms with Crippen LogP contribution < -0.4 is 11.1 Å². The highest BCUT2D eigenvalue weighted by Crippen LogP contribution is 2.22. The number of nitrogen functional groups attached to an aromatic ring is 1. The molecule has 104 valence electrons. The van der Waals surface area contributed by atoms with E-state index in [1.54, 1.807) is 25.1 Å². The van der Waals surface area contributed by atoms with Crippen LogP contribution >= 0.6 is 23.4 Å². The summed E-state index contributed by atoms with van der Waals surface area (Å²) in [4.78, 5) is 22.6. The first kappa shape index (κ1) is 15.7. The number of ether oxygens (including phenoxy) is 1.